The Kier molecular flexibility index (Phi) is 11.4. The highest BCUT2D eigenvalue weighted by molar-refractivity contribution is 7.80. The number of carbonyl (C=O) groups excluding carboxylic acids is 1. The second-order valence-electron chi connectivity index (χ2n) is 6.47. The summed E-state index contributed by atoms with van der Waals surface area (Å²) >= 11 is 23.3. The molecule has 1 rings (SSSR count). The number of alkyl halides is 3. The molecule has 0 spiro atoms. The lowest BCUT2D eigenvalue weighted by atomic mass is 10.1. The molecule has 0 saturated carbocycles. The molecule has 0 radical (unpaired) electrons. The third-order valence-electron chi connectivity index (χ3n) is 4.06. The highest BCUT2D eigenvalue weighted by Gasteiger charge is 2.34. The van der Waals surface area contributed by atoms with Crippen LogP contribution in [0.1, 0.15) is 57.4 Å². The Bertz CT molecular complexity index is 608. The van der Waals surface area contributed by atoms with Gasteiger partial charge in [-0.2, -0.15) is 0 Å². The van der Waals surface area contributed by atoms with Gasteiger partial charge in [0.05, 0.1) is 0 Å². The smallest absolute Gasteiger partial charge is 0.228 e. The fraction of sp³-hybridized carbons (Fsp3) is 0.579. The summed E-state index contributed by atoms with van der Waals surface area (Å²) in [6.07, 6.45) is 6.07. The zero-order valence-electron chi connectivity index (χ0n) is 15.8. The molecule has 0 fully saturated rings. The standard InChI is InChI=1S/C19H28Cl3N3OS/c1-3-4-5-6-7-8-13-16(26)24-17(19(20,21)22)25-18(27)23-15-12-10-9-11-14(15)2/h9-12,17H,3-8,13H2,1-2H3,(H,24,26)(H2,23,25,27)/t17-/m0/s1. The Balaban J connectivity index is 2.49. The number of thiocarbonyl (C=S) groups is 1. The number of halogens is 3. The van der Waals surface area contributed by atoms with Crippen LogP contribution in [0, 0.1) is 6.92 Å². The van der Waals surface area contributed by atoms with Crippen LogP contribution in [0.25, 0.3) is 0 Å². The molecule has 3 N–H and O–H groups in total. The van der Waals surface area contributed by atoms with Gasteiger partial charge in [0.15, 0.2) is 5.11 Å². The normalized spacial score (nSPS) is 12.3. The fourth-order valence-electron chi connectivity index (χ4n) is 2.50. The number of hydrogen-bond acceptors (Lipinski definition) is 2. The van der Waals surface area contributed by atoms with E-state index in [2.05, 4.69) is 22.9 Å². The van der Waals surface area contributed by atoms with Crippen molar-refractivity contribution in [3.05, 3.63) is 29.8 Å². The van der Waals surface area contributed by atoms with Crippen molar-refractivity contribution in [1.82, 2.24) is 10.6 Å². The maximum absolute atomic E-state index is 12.2. The number of anilines is 1. The Morgan fingerprint density at radius 2 is 1.70 bits per heavy atom. The molecule has 1 aromatic rings. The van der Waals surface area contributed by atoms with Crippen molar-refractivity contribution in [2.24, 2.45) is 0 Å². The van der Waals surface area contributed by atoms with Gasteiger partial charge < -0.3 is 16.0 Å². The highest BCUT2D eigenvalue weighted by atomic mass is 35.6. The van der Waals surface area contributed by atoms with E-state index in [1.807, 2.05) is 31.2 Å². The van der Waals surface area contributed by atoms with E-state index < -0.39 is 9.96 Å². The van der Waals surface area contributed by atoms with Crippen molar-refractivity contribution in [1.29, 1.82) is 0 Å². The van der Waals surface area contributed by atoms with Crippen molar-refractivity contribution in [2.45, 2.75) is 68.8 Å². The van der Waals surface area contributed by atoms with Gasteiger partial charge in [-0.05, 0) is 37.2 Å². The lowest BCUT2D eigenvalue weighted by Crippen LogP contribution is -2.56. The zero-order valence-corrected chi connectivity index (χ0v) is 18.9. The number of carbonyl (C=O) groups is 1. The van der Waals surface area contributed by atoms with Crippen molar-refractivity contribution in [2.75, 3.05) is 5.32 Å². The predicted octanol–water partition coefficient (Wildman–Crippen LogP) is 5.84. The second-order valence-corrected chi connectivity index (χ2v) is 9.25. The van der Waals surface area contributed by atoms with E-state index in [9.17, 15) is 4.79 Å². The molecule has 0 unspecified atom stereocenters. The minimum Gasteiger partial charge on any atom is -0.339 e. The number of hydrogen-bond donors (Lipinski definition) is 3. The van der Waals surface area contributed by atoms with Gasteiger partial charge in [-0.3, -0.25) is 4.79 Å². The summed E-state index contributed by atoms with van der Waals surface area (Å²) in [5, 5.41) is 8.91. The van der Waals surface area contributed by atoms with Crippen molar-refractivity contribution < 1.29 is 4.79 Å². The summed E-state index contributed by atoms with van der Waals surface area (Å²) in [7, 11) is 0. The predicted molar refractivity (Wildman–Crippen MR) is 121 cm³/mol. The molecule has 1 aromatic carbocycles. The van der Waals surface area contributed by atoms with Crippen LogP contribution in [0.3, 0.4) is 0 Å². The molecule has 8 heteroatoms. The molecule has 0 heterocycles. The summed E-state index contributed by atoms with van der Waals surface area (Å²) < 4.78 is -1.74. The zero-order chi connectivity index (χ0) is 20.3. The summed E-state index contributed by atoms with van der Waals surface area (Å²) in [4.78, 5) is 12.2. The molecular weight excluding hydrogens is 425 g/mol. The third-order valence-corrected chi connectivity index (χ3v) is 4.93. The second kappa shape index (κ2) is 12.7. The van der Waals surface area contributed by atoms with Gasteiger partial charge in [-0.25, -0.2) is 0 Å². The summed E-state index contributed by atoms with van der Waals surface area (Å²) in [5.41, 5.74) is 1.87. The molecule has 0 aromatic heterocycles. The van der Waals surface area contributed by atoms with Crippen molar-refractivity contribution in [3.63, 3.8) is 0 Å². The molecule has 0 aliphatic carbocycles. The van der Waals surface area contributed by atoms with Crippen molar-refractivity contribution >= 4 is 63.7 Å². The molecule has 4 nitrogen and oxygen atoms in total. The average molecular weight is 453 g/mol. The van der Waals surface area contributed by atoms with Crippen LogP contribution in [-0.4, -0.2) is 21.0 Å². The number of amides is 1. The number of para-hydroxylation sites is 1. The number of nitrogens with one attached hydrogen (secondary N) is 3. The molecule has 0 bridgehead atoms. The van der Waals surface area contributed by atoms with Gasteiger partial charge in [0.25, 0.3) is 0 Å². The lowest BCUT2D eigenvalue weighted by molar-refractivity contribution is -0.122. The Morgan fingerprint density at radius 3 is 2.33 bits per heavy atom. The SMILES string of the molecule is CCCCCCCCC(=O)N[C@@H](NC(=S)Nc1ccccc1C)C(Cl)(Cl)Cl. The van der Waals surface area contributed by atoms with Gasteiger partial charge in [-0.1, -0.05) is 92.0 Å². The van der Waals surface area contributed by atoms with Crippen LogP contribution < -0.4 is 16.0 Å². The minimum atomic E-state index is -1.74. The van der Waals surface area contributed by atoms with Gasteiger partial charge in [-0.15, -0.1) is 0 Å². The summed E-state index contributed by atoms with van der Waals surface area (Å²) in [6.45, 7) is 4.13. The van der Waals surface area contributed by atoms with Crippen LogP contribution in [0.2, 0.25) is 0 Å². The number of aryl methyl sites for hydroxylation is 1. The first-order chi connectivity index (χ1) is 12.7. The van der Waals surface area contributed by atoms with Gasteiger partial charge in [0, 0.05) is 12.1 Å². The fourth-order valence-corrected chi connectivity index (χ4v) is 3.06. The largest absolute Gasteiger partial charge is 0.339 e. The summed E-state index contributed by atoms with van der Waals surface area (Å²) in [5.74, 6) is -0.173. The van der Waals surface area contributed by atoms with E-state index in [-0.39, 0.29) is 11.0 Å². The molecular formula is C19H28Cl3N3OS. The molecule has 1 amide bonds. The minimum absolute atomic E-state index is 0.173. The maximum atomic E-state index is 12.2. The first-order valence-corrected chi connectivity index (χ1v) is 10.8. The van der Waals surface area contributed by atoms with Crippen LogP contribution in [0.4, 0.5) is 5.69 Å². The van der Waals surface area contributed by atoms with Crippen LogP contribution >= 0.6 is 47.0 Å². The quantitative estimate of drug-likeness (QED) is 0.180. The average Bonchev–Trinajstić information content (AvgIpc) is 2.58. The van der Waals surface area contributed by atoms with E-state index in [1.54, 1.807) is 0 Å². The molecule has 152 valence electrons. The monoisotopic (exact) mass is 451 g/mol. The number of benzene rings is 1. The molecule has 27 heavy (non-hydrogen) atoms. The first-order valence-electron chi connectivity index (χ1n) is 9.23. The van der Waals surface area contributed by atoms with Gasteiger partial charge in [0.1, 0.15) is 6.17 Å². The van der Waals surface area contributed by atoms with E-state index in [0.29, 0.717) is 6.42 Å². The first kappa shape index (κ1) is 24.3. The Hall–Kier alpha value is -0.750. The molecule has 1 atom stereocenters. The van der Waals surface area contributed by atoms with Crippen LogP contribution in [0.5, 0.6) is 0 Å². The van der Waals surface area contributed by atoms with E-state index in [1.165, 1.54) is 19.3 Å². The van der Waals surface area contributed by atoms with E-state index in [4.69, 9.17) is 47.0 Å². The third kappa shape index (κ3) is 10.4. The molecule has 0 aliphatic heterocycles. The highest BCUT2D eigenvalue weighted by Crippen LogP contribution is 2.29. The number of unbranched alkanes of at least 4 members (excludes halogenated alkanes) is 5. The van der Waals surface area contributed by atoms with E-state index >= 15 is 0 Å². The Morgan fingerprint density at radius 1 is 1.07 bits per heavy atom. The Labute approximate surface area is 182 Å². The lowest BCUT2D eigenvalue weighted by Gasteiger charge is -2.28. The molecule has 0 aliphatic rings. The van der Waals surface area contributed by atoms with Crippen LogP contribution in [-0.2, 0) is 4.79 Å². The topological polar surface area (TPSA) is 53.2 Å². The summed E-state index contributed by atoms with van der Waals surface area (Å²) in [6, 6.07) is 7.68. The van der Waals surface area contributed by atoms with E-state index in [0.717, 1.165) is 30.5 Å². The van der Waals surface area contributed by atoms with Gasteiger partial charge in [0.2, 0.25) is 9.70 Å². The number of rotatable bonds is 10. The van der Waals surface area contributed by atoms with Crippen molar-refractivity contribution in [3.8, 4) is 0 Å². The van der Waals surface area contributed by atoms with Gasteiger partial charge >= 0.3 is 0 Å². The van der Waals surface area contributed by atoms with Crippen LogP contribution in [0.15, 0.2) is 24.3 Å². The maximum Gasteiger partial charge on any atom is 0.228 e. The molecule has 0 saturated heterocycles.